The van der Waals surface area contributed by atoms with Gasteiger partial charge in [-0.25, -0.2) is 0 Å². The number of benzene rings is 2. The summed E-state index contributed by atoms with van der Waals surface area (Å²) in [5.74, 6) is 1.61. The molecule has 1 amide bonds. The Morgan fingerprint density at radius 1 is 1.10 bits per heavy atom. The van der Waals surface area contributed by atoms with Crippen LogP contribution in [0.2, 0.25) is 0 Å². The van der Waals surface area contributed by atoms with Crippen molar-refractivity contribution in [3.63, 3.8) is 0 Å². The molecule has 0 saturated carbocycles. The molecule has 0 saturated heterocycles. The zero-order chi connectivity index (χ0) is 21.5. The van der Waals surface area contributed by atoms with Gasteiger partial charge in [0, 0.05) is 37.3 Å². The fourth-order valence-electron chi connectivity index (χ4n) is 3.17. The molecule has 0 spiro atoms. The Labute approximate surface area is 179 Å². The molecule has 2 heterocycles. The van der Waals surface area contributed by atoms with Gasteiger partial charge in [-0.15, -0.1) is 0 Å². The molecule has 8 heteroatoms. The van der Waals surface area contributed by atoms with Gasteiger partial charge in [-0.2, -0.15) is 10.1 Å². The number of amides is 1. The topological polar surface area (TPSA) is 95.1 Å². The van der Waals surface area contributed by atoms with E-state index in [0.29, 0.717) is 31.2 Å². The molecule has 0 radical (unpaired) electrons. The van der Waals surface area contributed by atoms with Crippen LogP contribution in [0.1, 0.15) is 23.4 Å². The molecular weight excluding hydrogens is 394 g/mol. The smallest absolute Gasteiger partial charge is 0.227 e. The summed E-state index contributed by atoms with van der Waals surface area (Å²) in [6, 6.07) is 17.3. The fraction of sp³-hybridized carbons (Fsp3) is 0.217. The predicted octanol–water partition coefficient (Wildman–Crippen LogP) is 3.24. The number of methoxy groups -OCH3 is 1. The molecule has 0 fully saturated rings. The minimum atomic E-state index is -0.0712. The predicted molar refractivity (Wildman–Crippen MR) is 114 cm³/mol. The van der Waals surface area contributed by atoms with Gasteiger partial charge in [0.1, 0.15) is 5.75 Å². The highest BCUT2D eigenvalue weighted by Crippen LogP contribution is 2.20. The third kappa shape index (κ3) is 5.36. The van der Waals surface area contributed by atoms with Crippen molar-refractivity contribution in [2.75, 3.05) is 7.11 Å². The van der Waals surface area contributed by atoms with Crippen LogP contribution in [-0.4, -0.2) is 32.9 Å². The molecule has 4 aromatic rings. The molecule has 0 aliphatic rings. The average molecular weight is 417 g/mol. The van der Waals surface area contributed by atoms with Crippen molar-refractivity contribution in [2.45, 2.75) is 25.9 Å². The van der Waals surface area contributed by atoms with Crippen LogP contribution in [0.4, 0.5) is 0 Å². The molecule has 158 valence electrons. The maximum Gasteiger partial charge on any atom is 0.227 e. The first-order chi connectivity index (χ1) is 15.2. The van der Waals surface area contributed by atoms with E-state index >= 15 is 0 Å². The lowest BCUT2D eigenvalue weighted by molar-refractivity contribution is -0.121. The number of hydrogen-bond donors (Lipinski definition) is 1. The summed E-state index contributed by atoms with van der Waals surface area (Å²) in [6.07, 6.45) is 4.32. The highest BCUT2D eigenvalue weighted by molar-refractivity contribution is 5.76. The van der Waals surface area contributed by atoms with Crippen molar-refractivity contribution in [2.24, 2.45) is 0 Å². The number of ether oxygens (including phenoxy) is 1. The number of carbonyl (C=O) groups excluding carboxylic acids is 1. The highest BCUT2D eigenvalue weighted by atomic mass is 16.5. The normalized spacial score (nSPS) is 10.7. The van der Waals surface area contributed by atoms with Gasteiger partial charge in [0.25, 0.3) is 0 Å². The second-order valence-electron chi connectivity index (χ2n) is 6.99. The Balaban J connectivity index is 1.29. The minimum absolute atomic E-state index is 0.0712. The Hall–Kier alpha value is -3.94. The van der Waals surface area contributed by atoms with E-state index in [1.54, 1.807) is 13.3 Å². The standard InChI is InChI=1S/C23H23N5O3/c1-30-20-9-7-17(8-10-20)23-26-22(31-27-23)12-11-21(29)24-15-18-5-2-3-6-19(18)16-28-14-4-13-25-28/h2-10,13-14H,11-12,15-16H2,1H3,(H,24,29). The first-order valence-electron chi connectivity index (χ1n) is 9.99. The maximum atomic E-state index is 12.3. The van der Waals surface area contributed by atoms with Crippen LogP contribution >= 0.6 is 0 Å². The second kappa shape index (κ2) is 9.71. The summed E-state index contributed by atoms with van der Waals surface area (Å²) in [7, 11) is 1.62. The summed E-state index contributed by atoms with van der Waals surface area (Å²) >= 11 is 0. The van der Waals surface area contributed by atoms with Crippen LogP contribution in [0.15, 0.2) is 71.5 Å². The highest BCUT2D eigenvalue weighted by Gasteiger charge is 2.11. The van der Waals surface area contributed by atoms with Crippen molar-refractivity contribution in [3.05, 3.63) is 84.0 Å². The van der Waals surface area contributed by atoms with Gasteiger partial charge in [0.05, 0.1) is 13.7 Å². The van der Waals surface area contributed by atoms with E-state index in [2.05, 4.69) is 20.6 Å². The number of carbonyl (C=O) groups is 1. The van der Waals surface area contributed by atoms with Crippen molar-refractivity contribution >= 4 is 5.91 Å². The summed E-state index contributed by atoms with van der Waals surface area (Å²) in [4.78, 5) is 16.7. The van der Waals surface area contributed by atoms with E-state index < -0.39 is 0 Å². The Morgan fingerprint density at radius 2 is 1.90 bits per heavy atom. The van der Waals surface area contributed by atoms with Gasteiger partial charge in [-0.05, 0) is 41.5 Å². The SMILES string of the molecule is COc1ccc(-c2noc(CCC(=O)NCc3ccccc3Cn3cccn3)n2)cc1. The minimum Gasteiger partial charge on any atom is -0.497 e. The lowest BCUT2D eigenvalue weighted by Gasteiger charge is -2.10. The molecule has 0 bridgehead atoms. The molecule has 0 unspecified atom stereocenters. The zero-order valence-corrected chi connectivity index (χ0v) is 17.2. The number of nitrogens with zero attached hydrogens (tertiary/aromatic N) is 4. The molecule has 2 aromatic carbocycles. The molecule has 1 N–H and O–H groups in total. The van der Waals surface area contributed by atoms with Crippen molar-refractivity contribution in [3.8, 4) is 17.1 Å². The average Bonchev–Trinajstić information content (AvgIpc) is 3.49. The lowest BCUT2D eigenvalue weighted by Crippen LogP contribution is -2.24. The third-order valence-corrected chi connectivity index (χ3v) is 4.87. The summed E-state index contributed by atoms with van der Waals surface area (Å²) in [5, 5.41) is 11.2. The molecule has 2 aromatic heterocycles. The number of aryl methyl sites for hydroxylation is 1. The van der Waals surface area contributed by atoms with E-state index in [9.17, 15) is 4.79 Å². The largest absolute Gasteiger partial charge is 0.497 e. The van der Waals surface area contributed by atoms with Crippen LogP contribution in [0, 0.1) is 0 Å². The Kier molecular flexibility index (Phi) is 6.37. The van der Waals surface area contributed by atoms with Gasteiger partial charge < -0.3 is 14.6 Å². The zero-order valence-electron chi connectivity index (χ0n) is 17.2. The molecule has 8 nitrogen and oxygen atoms in total. The van der Waals surface area contributed by atoms with Crippen molar-refractivity contribution < 1.29 is 14.1 Å². The third-order valence-electron chi connectivity index (χ3n) is 4.87. The number of aromatic nitrogens is 4. The number of hydrogen-bond acceptors (Lipinski definition) is 6. The van der Waals surface area contributed by atoms with Gasteiger partial charge >= 0.3 is 0 Å². The molecule has 0 aliphatic heterocycles. The summed E-state index contributed by atoms with van der Waals surface area (Å²) in [5.41, 5.74) is 3.01. The van der Waals surface area contributed by atoms with Gasteiger partial charge in [-0.3, -0.25) is 9.48 Å². The molecule has 0 aliphatic carbocycles. The number of rotatable bonds is 9. The van der Waals surface area contributed by atoms with E-state index in [1.165, 1.54) is 0 Å². The van der Waals surface area contributed by atoms with Gasteiger partial charge in [-0.1, -0.05) is 29.4 Å². The summed E-state index contributed by atoms with van der Waals surface area (Å²) in [6.45, 7) is 1.12. The molecule has 4 rings (SSSR count). The first-order valence-corrected chi connectivity index (χ1v) is 9.99. The van der Waals surface area contributed by atoms with Gasteiger partial charge in [0.2, 0.25) is 17.6 Å². The second-order valence-corrected chi connectivity index (χ2v) is 6.99. The molecular formula is C23H23N5O3. The van der Waals surface area contributed by atoms with Crippen LogP contribution in [0.25, 0.3) is 11.4 Å². The monoisotopic (exact) mass is 417 g/mol. The maximum absolute atomic E-state index is 12.3. The van der Waals surface area contributed by atoms with Crippen molar-refractivity contribution in [1.29, 1.82) is 0 Å². The van der Waals surface area contributed by atoms with E-state index in [-0.39, 0.29) is 12.3 Å². The van der Waals surface area contributed by atoms with E-state index in [1.807, 2.05) is 65.5 Å². The Morgan fingerprint density at radius 3 is 2.65 bits per heavy atom. The van der Waals surface area contributed by atoms with E-state index in [4.69, 9.17) is 9.26 Å². The fourth-order valence-corrected chi connectivity index (χ4v) is 3.17. The van der Waals surface area contributed by atoms with Crippen LogP contribution in [0.5, 0.6) is 5.75 Å². The van der Waals surface area contributed by atoms with Crippen LogP contribution < -0.4 is 10.1 Å². The Bertz CT molecular complexity index is 1120. The molecule has 31 heavy (non-hydrogen) atoms. The van der Waals surface area contributed by atoms with Crippen molar-refractivity contribution in [1.82, 2.24) is 25.2 Å². The van der Waals surface area contributed by atoms with Gasteiger partial charge in [0.15, 0.2) is 0 Å². The van der Waals surface area contributed by atoms with E-state index in [0.717, 1.165) is 22.4 Å². The summed E-state index contributed by atoms with van der Waals surface area (Å²) < 4.78 is 12.3. The lowest BCUT2D eigenvalue weighted by atomic mass is 10.1. The van der Waals surface area contributed by atoms with Crippen LogP contribution in [-0.2, 0) is 24.3 Å². The van der Waals surface area contributed by atoms with Crippen LogP contribution in [0.3, 0.4) is 0 Å². The molecule has 0 atom stereocenters. The number of nitrogens with one attached hydrogen (secondary N) is 1. The quantitative estimate of drug-likeness (QED) is 0.449. The first kappa shape index (κ1) is 20.3.